The zero-order chi connectivity index (χ0) is 19.6. The number of fused-ring (bicyclic) bond motifs is 1. The minimum atomic E-state index is -3.69. The van der Waals surface area contributed by atoms with E-state index in [1.165, 1.54) is 25.1 Å². The number of sulfonamides is 1. The maximum atomic E-state index is 12.1. The van der Waals surface area contributed by atoms with Crippen molar-refractivity contribution >= 4 is 39.2 Å². The number of Topliss-reactive ketones (excluding diaryl/α,β-unsaturated/α-hetero) is 1. The number of nitrogens with zero attached hydrogens (tertiary/aromatic N) is 1. The van der Waals surface area contributed by atoms with E-state index < -0.39 is 28.6 Å². The van der Waals surface area contributed by atoms with Crippen molar-refractivity contribution in [2.45, 2.75) is 17.9 Å². The maximum absolute atomic E-state index is 12.1. The van der Waals surface area contributed by atoms with E-state index in [0.717, 1.165) is 0 Å². The summed E-state index contributed by atoms with van der Waals surface area (Å²) in [5, 5.41) is 0.493. The van der Waals surface area contributed by atoms with Crippen molar-refractivity contribution in [3.8, 4) is 0 Å². The number of halogens is 1. The van der Waals surface area contributed by atoms with Crippen molar-refractivity contribution in [3.05, 3.63) is 64.7 Å². The van der Waals surface area contributed by atoms with E-state index in [2.05, 4.69) is 9.71 Å². The molecule has 1 heterocycles. The Labute approximate surface area is 161 Å². The van der Waals surface area contributed by atoms with Crippen LogP contribution in [0, 0.1) is 0 Å². The monoisotopic (exact) mass is 406 g/mol. The molecule has 2 aromatic carbocycles. The van der Waals surface area contributed by atoms with Gasteiger partial charge in [0.15, 0.2) is 12.4 Å². The lowest BCUT2D eigenvalue weighted by Crippen LogP contribution is -2.27. The van der Waals surface area contributed by atoms with Crippen molar-refractivity contribution in [2.75, 3.05) is 6.61 Å². The van der Waals surface area contributed by atoms with Gasteiger partial charge in [-0.25, -0.2) is 13.2 Å². The topological polar surface area (TPSA) is 102 Å². The van der Waals surface area contributed by atoms with Gasteiger partial charge in [0.05, 0.1) is 4.90 Å². The Morgan fingerprint density at radius 2 is 1.81 bits per heavy atom. The molecule has 2 aromatic rings. The molecule has 9 heteroatoms. The Morgan fingerprint density at radius 1 is 1.15 bits per heavy atom. The fourth-order valence-electron chi connectivity index (χ4n) is 2.45. The predicted octanol–water partition coefficient (Wildman–Crippen LogP) is 2.19. The van der Waals surface area contributed by atoms with E-state index in [0.29, 0.717) is 16.1 Å². The molecule has 27 heavy (non-hydrogen) atoms. The highest BCUT2D eigenvalue weighted by Crippen LogP contribution is 2.22. The number of ether oxygens (including phenoxy) is 1. The lowest BCUT2D eigenvalue weighted by molar-refractivity contribution is -0.143. The standard InChI is InChI=1S/C18H15ClN2O5S/c1-11(18(23)26-10-15(22)12-6-8-13(19)9-7-12)20-17-14-4-2-3-5-16(14)27(24,25)21-17/h2-9,11H,10H2,1H3,(H,20,21). The van der Waals surface area contributed by atoms with Gasteiger partial charge in [-0.15, -0.1) is 0 Å². The van der Waals surface area contributed by atoms with Crippen molar-refractivity contribution in [2.24, 2.45) is 4.99 Å². The van der Waals surface area contributed by atoms with Gasteiger partial charge in [-0.2, -0.15) is 0 Å². The van der Waals surface area contributed by atoms with Crippen molar-refractivity contribution < 1.29 is 22.7 Å². The van der Waals surface area contributed by atoms with Gasteiger partial charge in [0.2, 0.25) is 0 Å². The van der Waals surface area contributed by atoms with Crippen LogP contribution in [0.4, 0.5) is 0 Å². The zero-order valence-electron chi connectivity index (χ0n) is 14.2. The van der Waals surface area contributed by atoms with Crippen molar-refractivity contribution in [1.82, 2.24) is 4.72 Å². The normalized spacial score (nSPS) is 17.0. The summed E-state index contributed by atoms with van der Waals surface area (Å²) in [5.74, 6) is -1.06. The molecule has 1 aliphatic heterocycles. The maximum Gasteiger partial charge on any atom is 0.331 e. The first-order chi connectivity index (χ1) is 12.8. The van der Waals surface area contributed by atoms with Crippen LogP contribution in [0.5, 0.6) is 0 Å². The summed E-state index contributed by atoms with van der Waals surface area (Å²) < 4.78 is 31.4. The number of ketones is 1. The predicted molar refractivity (Wildman–Crippen MR) is 99.5 cm³/mol. The molecule has 0 aromatic heterocycles. The number of hydrogen-bond acceptors (Lipinski definition) is 6. The minimum Gasteiger partial charge on any atom is -0.456 e. The fraction of sp³-hybridized carbons (Fsp3) is 0.167. The number of esters is 1. The highest BCUT2D eigenvalue weighted by atomic mass is 35.5. The van der Waals surface area contributed by atoms with Gasteiger partial charge in [-0.05, 0) is 43.3 Å². The molecule has 1 atom stereocenters. The summed E-state index contributed by atoms with van der Waals surface area (Å²) in [7, 11) is -3.69. The molecular weight excluding hydrogens is 392 g/mol. The lowest BCUT2D eigenvalue weighted by Gasteiger charge is -2.09. The van der Waals surface area contributed by atoms with Crippen LogP contribution in [-0.2, 0) is 19.6 Å². The number of nitrogens with one attached hydrogen (secondary N) is 1. The quantitative estimate of drug-likeness (QED) is 0.605. The second-order valence-corrected chi connectivity index (χ2v) is 7.88. The molecule has 0 radical (unpaired) electrons. The third-order valence-electron chi connectivity index (χ3n) is 3.84. The fourth-order valence-corrected chi connectivity index (χ4v) is 3.82. The minimum absolute atomic E-state index is 0.0686. The molecule has 0 spiro atoms. The van der Waals surface area contributed by atoms with Gasteiger partial charge in [-0.3, -0.25) is 14.5 Å². The summed E-state index contributed by atoms with van der Waals surface area (Å²) in [6.07, 6.45) is 0. The Hall–Kier alpha value is -2.71. The Kier molecular flexibility index (Phi) is 5.29. The van der Waals surface area contributed by atoms with Crippen molar-refractivity contribution in [3.63, 3.8) is 0 Å². The number of rotatable bonds is 5. The number of benzene rings is 2. The van der Waals surface area contributed by atoms with E-state index in [4.69, 9.17) is 16.3 Å². The lowest BCUT2D eigenvalue weighted by atomic mass is 10.1. The van der Waals surface area contributed by atoms with Crippen LogP contribution in [-0.4, -0.2) is 38.7 Å². The zero-order valence-corrected chi connectivity index (χ0v) is 15.8. The summed E-state index contributed by atoms with van der Waals surface area (Å²) in [6, 6.07) is 11.5. The van der Waals surface area contributed by atoms with Crippen molar-refractivity contribution in [1.29, 1.82) is 0 Å². The van der Waals surface area contributed by atoms with E-state index in [1.807, 2.05) is 0 Å². The Balaban J connectivity index is 1.67. The molecule has 0 amide bonds. The van der Waals surface area contributed by atoms with Gasteiger partial charge in [0.25, 0.3) is 10.0 Å². The first-order valence-electron chi connectivity index (χ1n) is 7.93. The average Bonchev–Trinajstić information content (AvgIpc) is 2.90. The summed E-state index contributed by atoms with van der Waals surface area (Å²) in [5.41, 5.74) is 0.748. The summed E-state index contributed by atoms with van der Waals surface area (Å²) in [6.45, 7) is 1.01. The molecule has 0 fully saturated rings. The van der Waals surface area contributed by atoms with Crippen LogP contribution in [0.15, 0.2) is 58.4 Å². The molecule has 1 N–H and O–H groups in total. The number of hydrogen-bond donors (Lipinski definition) is 1. The van der Waals surface area contributed by atoms with Gasteiger partial charge in [0.1, 0.15) is 11.9 Å². The van der Waals surface area contributed by atoms with E-state index in [1.54, 1.807) is 30.3 Å². The smallest absolute Gasteiger partial charge is 0.331 e. The molecule has 0 saturated carbocycles. The first kappa shape index (κ1) is 19.1. The number of amidine groups is 1. The van der Waals surface area contributed by atoms with Gasteiger partial charge in [0, 0.05) is 16.1 Å². The summed E-state index contributed by atoms with van der Waals surface area (Å²) in [4.78, 5) is 28.3. The van der Waals surface area contributed by atoms with E-state index in [-0.39, 0.29) is 16.5 Å². The van der Waals surface area contributed by atoms with Crippen LogP contribution in [0.1, 0.15) is 22.8 Å². The second kappa shape index (κ2) is 7.50. The average molecular weight is 407 g/mol. The Bertz CT molecular complexity index is 1030. The molecule has 1 unspecified atom stereocenters. The Morgan fingerprint density at radius 3 is 2.52 bits per heavy atom. The van der Waals surface area contributed by atoms with Crippen LogP contribution in [0.3, 0.4) is 0 Å². The highest BCUT2D eigenvalue weighted by Gasteiger charge is 2.31. The second-order valence-electron chi connectivity index (χ2n) is 5.79. The molecule has 1 aliphatic rings. The van der Waals surface area contributed by atoms with Gasteiger partial charge in [-0.1, -0.05) is 23.7 Å². The van der Waals surface area contributed by atoms with Crippen LogP contribution < -0.4 is 4.72 Å². The number of carbonyl (C=O) groups excluding carboxylic acids is 2. The van der Waals surface area contributed by atoms with E-state index in [9.17, 15) is 18.0 Å². The molecule has 140 valence electrons. The molecule has 0 aliphatic carbocycles. The molecule has 3 rings (SSSR count). The number of carbonyl (C=O) groups is 2. The first-order valence-corrected chi connectivity index (χ1v) is 9.79. The van der Waals surface area contributed by atoms with Gasteiger partial charge >= 0.3 is 5.97 Å². The largest absolute Gasteiger partial charge is 0.456 e. The van der Waals surface area contributed by atoms with Crippen LogP contribution in [0.2, 0.25) is 5.02 Å². The molecule has 0 bridgehead atoms. The van der Waals surface area contributed by atoms with Crippen LogP contribution >= 0.6 is 11.6 Å². The molecular formula is C18H15ClN2O5S. The van der Waals surface area contributed by atoms with Gasteiger partial charge < -0.3 is 4.74 Å². The van der Waals surface area contributed by atoms with Crippen LogP contribution in [0.25, 0.3) is 0 Å². The summed E-state index contributed by atoms with van der Waals surface area (Å²) >= 11 is 5.76. The highest BCUT2D eigenvalue weighted by molar-refractivity contribution is 7.90. The molecule has 0 saturated heterocycles. The number of aliphatic imine (C=N–C) groups is 1. The molecule has 7 nitrogen and oxygen atoms in total. The third kappa shape index (κ3) is 4.17. The SMILES string of the molecule is CC(N=C1NS(=O)(=O)c2ccccc21)C(=O)OCC(=O)c1ccc(Cl)cc1. The third-order valence-corrected chi connectivity index (χ3v) is 5.49. The van der Waals surface area contributed by atoms with E-state index >= 15 is 0 Å².